The van der Waals surface area contributed by atoms with E-state index in [-0.39, 0.29) is 16.2 Å². The van der Waals surface area contributed by atoms with Crippen LogP contribution in [0.4, 0.5) is 11.4 Å². The third-order valence-electron chi connectivity index (χ3n) is 8.71. The smallest absolute Gasteiger partial charge is 0.158 e. The molecule has 0 amide bonds. The fourth-order valence-corrected chi connectivity index (χ4v) is 6.08. The van der Waals surface area contributed by atoms with E-state index in [1.165, 1.54) is 51.4 Å². The van der Waals surface area contributed by atoms with Gasteiger partial charge in [-0.05, 0) is 81.7 Å². The van der Waals surface area contributed by atoms with Gasteiger partial charge in [-0.15, -0.1) is 0 Å². The Morgan fingerprint density at radius 1 is 0.684 bits per heavy atom. The van der Waals surface area contributed by atoms with E-state index in [0.717, 1.165) is 22.5 Å². The zero-order valence-electron chi connectivity index (χ0n) is 23.8. The van der Waals surface area contributed by atoms with Crippen molar-refractivity contribution in [1.29, 1.82) is 0 Å². The van der Waals surface area contributed by atoms with Gasteiger partial charge in [-0.1, -0.05) is 97.0 Å². The number of anilines is 2. The Morgan fingerprint density at radius 3 is 2.05 bits per heavy atom. The first-order valence-corrected chi connectivity index (χ1v) is 13.9. The van der Waals surface area contributed by atoms with Crippen molar-refractivity contribution in [2.24, 2.45) is 0 Å². The second kappa shape index (κ2) is 8.50. The van der Waals surface area contributed by atoms with E-state index in [1.54, 1.807) is 0 Å². The number of para-hydroxylation sites is 1. The predicted octanol–water partition coefficient (Wildman–Crippen LogP) is 10.6. The third kappa shape index (κ3) is 4.11. The van der Waals surface area contributed by atoms with Gasteiger partial charge in [-0.2, -0.15) is 0 Å². The van der Waals surface area contributed by atoms with E-state index in [9.17, 15) is 0 Å². The Kier molecular flexibility index (Phi) is 5.54. The van der Waals surface area contributed by atoms with Crippen LogP contribution >= 0.6 is 0 Å². The maximum atomic E-state index is 6.64. The SMILES string of the molecule is CC(C)(C)c1ccc(Nc2cccc3c2oc2cc4c(cc23)C(C)(C)CCC4(C)C)c(-c2ccccc2)c1. The van der Waals surface area contributed by atoms with Crippen LogP contribution in [0.2, 0.25) is 0 Å². The van der Waals surface area contributed by atoms with Gasteiger partial charge in [-0.3, -0.25) is 0 Å². The molecule has 0 fully saturated rings. The van der Waals surface area contributed by atoms with E-state index >= 15 is 0 Å². The molecule has 4 aromatic carbocycles. The predicted molar refractivity (Wildman–Crippen MR) is 163 cm³/mol. The molecule has 1 aliphatic carbocycles. The Bertz CT molecular complexity index is 1660. The van der Waals surface area contributed by atoms with Gasteiger partial charge >= 0.3 is 0 Å². The number of hydrogen-bond donors (Lipinski definition) is 1. The van der Waals surface area contributed by atoms with Gasteiger partial charge in [0.05, 0.1) is 5.69 Å². The van der Waals surface area contributed by atoms with E-state index in [0.29, 0.717) is 0 Å². The lowest BCUT2D eigenvalue weighted by Crippen LogP contribution is -2.33. The molecule has 1 N–H and O–H groups in total. The topological polar surface area (TPSA) is 25.2 Å². The van der Waals surface area contributed by atoms with Crippen LogP contribution < -0.4 is 5.32 Å². The number of nitrogens with one attached hydrogen (secondary N) is 1. The number of hydrogen-bond acceptors (Lipinski definition) is 2. The summed E-state index contributed by atoms with van der Waals surface area (Å²) >= 11 is 0. The second-order valence-corrected chi connectivity index (χ2v) is 13.4. The van der Waals surface area contributed by atoms with Crippen LogP contribution in [0.25, 0.3) is 33.1 Å². The van der Waals surface area contributed by atoms with E-state index < -0.39 is 0 Å². The maximum absolute atomic E-state index is 6.64. The highest BCUT2D eigenvalue weighted by atomic mass is 16.3. The van der Waals surface area contributed by atoms with Crippen molar-refractivity contribution in [3.63, 3.8) is 0 Å². The first-order chi connectivity index (χ1) is 17.9. The van der Waals surface area contributed by atoms with E-state index in [2.05, 4.69) is 133 Å². The molecule has 1 aromatic heterocycles. The molecule has 2 nitrogen and oxygen atoms in total. The van der Waals surface area contributed by atoms with Gasteiger partial charge in [0.1, 0.15) is 5.58 Å². The summed E-state index contributed by atoms with van der Waals surface area (Å²) in [5.74, 6) is 0. The van der Waals surface area contributed by atoms with Crippen LogP contribution in [0.1, 0.15) is 78.0 Å². The second-order valence-electron chi connectivity index (χ2n) is 13.4. The minimum absolute atomic E-state index is 0.0709. The monoisotopic (exact) mass is 501 g/mol. The van der Waals surface area contributed by atoms with Crippen molar-refractivity contribution in [2.75, 3.05) is 5.32 Å². The summed E-state index contributed by atoms with van der Waals surface area (Å²) in [5, 5.41) is 6.14. The molecule has 5 aromatic rings. The molecule has 0 spiro atoms. The summed E-state index contributed by atoms with van der Waals surface area (Å²) in [6.45, 7) is 16.3. The Hall–Kier alpha value is -3.52. The summed E-state index contributed by atoms with van der Waals surface area (Å²) in [6, 6.07) is 28.6. The molecule has 0 atom stereocenters. The molecule has 0 saturated carbocycles. The molecule has 6 rings (SSSR count). The average molecular weight is 502 g/mol. The molecule has 38 heavy (non-hydrogen) atoms. The van der Waals surface area contributed by atoms with Gasteiger partial charge < -0.3 is 9.73 Å². The molecule has 0 aliphatic heterocycles. The molecule has 1 aliphatic rings. The average Bonchev–Trinajstić information content (AvgIpc) is 3.25. The molecule has 0 unspecified atom stereocenters. The van der Waals surface area contributed by atoms with Crippen LogP contribution in [0.5, 0.6) is 0 Å². The quantitative estimate of drug-likeness (QED) is 0.266. The van der Waals surface area contributed by atoms with Crippen LogP contribution in [-0.2, 0) is 16.2 Å². The Morgan fingerprint density at radius 2 is 1.37 bits per heavy atom. The molecule has 0 radical (unpaired) electrons. The highest BCUT2D eigenvalue weighted by Crippen LogP contribution is 2.48. The zero-order valence-corrected chi connectivity index (χ0v) is 23.8. The lowest BCUT2D eigenvalue weighted by Gasteiger charge is -2.41. The van der Waals surface area contributed by atoms with Crippen molar-refractivity contribution in [3.8, 4) is 11.1 Å². The molecular weight excluding hydrogens is 462 g/mol. The number of benzene rings is 4. The zero-order chi connectivity index (χ0) is 26.9. The van der Waals surface area contributed by atoms with Crippen LogP contribution in [-0.4, -0.2) is 0 Å². The minimum Gasteiger partial charge on any atom is -0.454 e. The summed E-state index contributed by atoms with van der Waals surface area (Å²) in [6.07, 6.45) is 2.40. The van der Waals surface area contributed by atoms with E-state index in [4.69, 9.17) is 4.42 Å². The van der Waals surface area contributed by atoms with Crippen molar-refractivity contribution in [3.05, 3.63) is 95.6 Å². The summed E-state index contributed by atoms with van der Waals surface area (Å²) in [5.41, 5.74) is 11.0. The van der Waals surface area contributed by atoms with Gasteiger partial charge in [-0.25, -0.2) is 0 Å². The standard InChI is InChI=1S/C36H39NO/c1-34(2,3)24-16-17-30(26(20-24)23-12-9-8-10-13-23)37-31-15-11-14-25-27-21-28-29(22-32(27)38-33(25)31)36(6,7)19-18-35(28,4)5/h8-17,20-22,37H,18-19H2,1-7H3. The van der Waals surface area contributed by atoms with Crippen LogP contribution in [0.3, 0.4) is 0 Å². The first kappa shape index (κ1) is 24.8. The van der Waals surface area contributed by atoms with Gasteiger partial charge in [0.2, 0.25) is 0 Å². The molecule has 194 valence electrons. The molecular formula is C36H39NO. The third-order valence-corrected chi connectivity index (χ3v) is 8.71. The fraction of sp³-hybridized carbons (Fsp3) is 0.333. The summed E-state index contributed by atoms with van der Waals surface area (Å²) in [7, 11) is 0. The summed E-state index contributed by atoms with van der Waals surface area (Å²) in [4.78, 5) is 0. The number of fused-ring (bicyclic) bond motifs is 4. The molecule has 0 bridgehead atoms. The lowest BCUT2D eigenvalue weighted by atomic mass is 9.63. The first-order valence-electron chi connectivity index (χ1n) is 13.9. The van der Waals surface area contributed by atoms with Gasteiger partial charge in [0.15, 0.2) is 5.58 Å². The van der Waals surface area contributed by atoms with Crippen LogP contribution in [0.15, 0.2) is 83.3 Å². The summed E-state index contributed by atoms with van der Waals surface area (Å²) < 4.78 is 6.64. The van der Waals surface area contributed by atoms with Gasteiger partial charge in [0, 0.05) is 22.0 Å². The van der Waals surface area contributed by atoms with E-state index in [1.807, 2.05) is 0 Å². The highest BCUT2D eigenvalue weighted by Gasteiger charge is 2.37. The molecule has 2 heteroatoms. The van der Waals surface area contributed by atoms with Crippen molar-refractivity contribution in [2.45, 2.75) is 77.6 Å². The number of rotatable bonds is 3. The Labute approximate surface area is 227 Å². The minimum atomic E-state index is 0.0709. The molecule has 0 saturated heterocycles. The van der Waals surface area contributed by atoms with Crippen molar-refractivity contribution >= 4 is 33.3 Å². The normalized spacial score (nSPS) is 16.5. The van der Waals surface area contributed by atoms with Crippen LogP contribution in [0, 0.1) is 0 Å². The molecule has 1 heterocycles. The van der Waals surface area contributed by atoms with Crippen molar-refractivity contribution < 1.29 is 4.42 Å². The van der Waals surface area contributed by atoms with Gasteiger partial charge in [0.25, 0.3) is 0 Å². The maximum Gasteiger partial charge on any atom is 0.158 e. The highest BCUT2D eigenvalue weighted by molar-refractivity contribution is 6.10. The Balaban J connectivity index is 1.51. The van der Waals surface area contributed by atoms with Crippen molar-refractivity contribution in [1.82, 2.24) is 0 Å². The fourth-order valence-electron chi connectivity index (χ4n) is 6.08. The lowest BCUT2D eigenvalue weighted by molar-refractivity contribution is 0.332. The number of furan rings is 1. The largest absolute Gasteiger partial charge is 0.454 e.